The SMILES string of the molecule is CC(C)c1ccc(-c2sc3cc(O)ccc3c2C(=O)c2ccc(OCCN3CCCCC3)cc2)cc1.Cl. The Hall–Kier alpha value is -2.86. The number of hydrogen-bond donors (Lipinski definition) is 1. The third-order valence-corrected chi connectivity index (χ3v) is 8.18. The molecule has 2 heterocycles. The van der Waals surface area contributed by atoms with Gasteiger partial charge >= 0.3 is 0 Å². The Kier molecular flexibility index (Phi) is 8.91. The normalized spacial score (nSPS) is 14.0. The van der Waals surface area contributed by atoms with Gasteiger partial charge in [0.15, 0.2) is 5.78 Å². The number of nitrogens with zero attached hydrogens (tertiary/aromatic N) is 1. The number of carbonyl (C=O) groups is 1. The molecule has 1 aliphatic heterocycles. The first-order valence-corrected chi connectivity index (χ1v) is 13.7. The van der Waals surface area contributed by atoms with Gasteiger partial charge in [0.25, 0.3) is 0 Å². The zero-order valence-electron chi connectivity index (χ0n) is 21.4. The number of thiophene rings is 1. The summed E-state index contributed by atoms with van der Waals surface area (Å²) in [7, 11) is 0. The van der Waals surface area contributed by atoms with Crippen molar-refractivity contribution in [3.8, 4) is 21.9 Å². The molecule has 3 aromatic carbocycles. The van der Waals surface area contributed by atoms with E-state index in [1.54, 1.807) is 23.5 Å². The monoisotopic (exact) mass is 535 g/mol. The molecule has 1 N–H and O–H groups in total. The van der Waals surface area contributed by atoms with Gasteiger partial charge in [-0.2, -0.15) is 0 Å². The number of likely N-dealkylation sites (tertiary alicyclic amines) is 1. The van der Waals surface area contributed by atoms with E-state index >= 15 is 0 Å². The van der Waals surface area contributed by atoms with Crippen LogP contribution in [0.1, 0.15) is 60.5 Å². The summed E-state index contributed by atoms with van der Waals surface area (Å²) in [6, 6.07) is 21.2. The predicted octanol–water partition coefficient (Wildman–Crippen LogP) is 7.91. The van der Waals surface area contributed by atoms with E-state index in [0.717, 1.165) is 45.9 Å². The molecule has 1 aliphatic rings. The summed E-state index contributed by atoms with van der Waals surface area (Å²) >= 11 is 1.55. The Morgan fingerprint density at radius 1 is 0.973 bits per heavy atom. The predicted molar refractivity (Wildman–Crippen MR) is 156 cm³/mol. The maximum atomic E-state index is 13.8. The van der Waals surface area contributed by atoms with E-state index in [4.69, 9.17) is 4.74 Å². The Labute approximate surface area is 229 Å². The van der Waals surface area contributed by atoms with Gasteiger partial charge in [0.2, 0.25) is 0 Å². The number of rotatable bonds is 8. The molecule has 194 valence electrons. The van der Waals surface area contributed by atoms with Crippen molar-refractivity contribution in [2.24, 2.45) is 0 Å². The van der Waals surface area contributed by atoms with Gasteiger partial charge in [-0.25, -0.2) is 0 Å². The highest BCUT2D eigenvalue weighted by atomic mass is 35.5. The van der Waals surface area contributed by atoms with Crippen LogP contribution in [0, 0.1) is 0 Å². The van der Waals surface area contributed by atoms with Crippen molar-refractivity contribution in [2.45, 2.75) is 39.0 Å². The number of halogens is 1. The summed E-state index contributed by atoms with van der Waals surface area (Å²) < 4.78 is 6.86. The maximum Gasteiger partial charge on any atom is 0.195 e. The molecule has 6 heteroatoms. The molecular weight excluding hydrogens is 502 g/mol. The van der Waals surface area contributed by atoms with Crippen molar-refractivity contribution in [3.05, 3.63) is 83.4 Å². The lowest BCUT2D eigenvalue weighted by atomic mass is 9.96. The van der Waals surface area contributed by atoms with Crippen LogP contribution in [-0.4, -0.2) is 42.0 Å². The molecular formula is C31H34ClNO3S. The van der Waals surface area contributed by atoms with Gasteiger partial charge in [0.1, 0.15) is 18.1 Å². The van der Waals surface area contributed by atoms with Gasteiger partial charge in [0.05, 0.1) is 0 Å². The number of hydrogen-bond acceptors (Lipinski definition) is 5. The van der Waals surface area contributed by atoms with E-state index in [1.807, 2.05) is 30.3 Å². The Morgan fingerprint density at radius 2 is 1.68 bits per heavy atom. The van der Waals surface area contributed by atoms with E-state index in [1.165, 1.54) is 24.8 Å². The van der Waals surface area contributed by atoms with E-state index in [-0.39, 0.29) is 23.9 Å². The van der Waals surface area contributed by atoms with Crippen LogP contribution >= 0.6 is 23.7 Å². The van der Waals surface area contributed by atoms with Crippen LogP contribution in [0.2, 0.25) is 0 Å². The third kappa shape index (κ3) is 6.18. The molecule has 1 fully saturated rings. The molecule has 0 spiro atoms. The van der Waals surface area contributed by atoms with E-state index < -0.39 is 0 Å². The number of piperidine rings is 1. The summed E-state index contributed by atoms with van der Waals surface area (Å²) in [5.74, 6) is 1.42. The van der Waals surface area contributed by atoms with Crippen molar-refractivity contribution >= 4 is 39.6 Å². The zero-order chi connectivity index (χ0) is 25.1. The fourth-order valence-corrected chi connectivity index (χ4v) is 6.09. The smallest absolute Gasteiger partial charge is 0.195 e. The van der Waals surface area contributed by atoms with Crippen molar-refractivity contribution in [2.75, 3.05) is 26.2 Å². The van der Waals surface area contributed by atoms with Gasteiger partial charge < -0.3 is 9.84 Å². The van der Waals surface area contributed by atoms with Crippen molar-refractivity contribution in [1.82, 2.24) is 4.90 Å². The van der Waals surface area contributed by atoms with Crippen LogP contribution in [0.4, 0.5) is 0 Å². The molecule has 37 heavy (non-hydrogen) atoms. The molecule has 1 aromatic heterocycles. The first-order valence-electron chi connectivity index (χ1n) is 12.9. The number of fused-ring (bicyclic) bond motifs is 1. The minimum Gasteiger partial charge on any atom is -0.508 e. The molecule has 5 rings (SSSR count). The molecule has 0 bridgehead atoms. The average molecular weight is 536 g/mol. The molecule has 0 radical (unpaired) electrons. The number of carbonyl (C=O) groups excluding carboxylic acids is 1. The zero-order valence-corrected chi connectivity index (χ0v) is 23.0. The summed E-state index contributed by atoms with van der Waals surface area (Å²) in [6.07, 6.45) is 3.88. The molecule has 0 saturated carbocycles. The lowest BCUT2D eigenvalue weighted by Crippen LogP contribution is -2.33. The Morgan fingerprint density at radius 3 is 2.35 bits per heavy atom. The second kappa shape index (κ2) is 12.1. The van der Waals surface area contributed by atoms with Crippen LogP contribution in [0.5, 0.6) is 11.5 Å². The lowest BCUT2D eigenvalue weighted by molar-refractivity contribution is 0.104. The second-order valence-corrected chi connectivity index (χ2v) is 10.9. The van der Waals surface area contributed by atoms with Crippen LogP contribution in [-0.2, 0) is 0 Å². The summed E-state index contributed by atoms with van der Waals surface area (Å²) in [6.45, 7) is 8.26. The van der Waals surface area contributed by atoms with Crippen molar-refractivity contribution in [3.63, 3.8) is 0 Å². The largest absolute Gasteiger partial charge is 0.508 e. The van der Waals surface area contributed by atoms with E-state index in [2.05, 4.69) is 43.0 Å². The second-order valence-electron chi connectivity index (χ2n) is 9.87. The van der Waals surface area contributed by atoms with Crippen LogP contribution < -0.4 is 4.74 Å². The number of benzene rings is 3. The maximum absolute atomic E-state index is 13.8. The summed E-state index contributed by atoms with van der Waals surface area (Å²) in [4.78, 5) is 17.2. The van der Waals surface area contributed by atoms with Gasteiger partial charge in [0, 0.05) is 32.6 Å². The van der Waals surface area contributed by atoms with Gasteiger partial charge in [-0.05, 0) is 85.4 Å². The number of ether oxygens (including phenoxy) is 1. The van der Waals surface area contributed by atoms with Crippen LogP contribution in [0.15, 0.2) is 66.7 Å². The minimum absolute atomic E-state index is 0. The first kappa shape index (κ1) is 27.2. The van der Waals surface area contributed by atoms with E-state index in [9.17, 15) is 9.90 Å². The molecule has 0 atom stereocenters. The molecule has 0 aliphatic carbocycles. The summed E-state index contributed by atoms with van der Waals surface area (Å²) in [5.41, 5.74) is 3.60. The topological polar surface area (TPSA) is 49.8 Å². The highest BCUT2D eigenvalue weighted by Crippen LogP contribution is 2.41. The number of phenolic OH excluding ortho intramolecular Hbond substituents is 1. The number of aromatic hydroxyl groups is 1. The van der Waals surface area contributed by atoms with Crippen molar-refractivity contribution < 1.29 is 14.6 Å². The standard InChI is InChI=1S/C31H33NO3S.ClH/c1-21(2)22-6-8-24(9-7-22)31-29(27-15-12-25(33)20-28(27)36-31)30(34)23-10-13-26(14-11-23)35-19-18-32-16-4-3-5-17-32;/h6-15,20-21,33H,3-5,16-19H2,1-2H3;1H. The summed E-state index contributed by atoms with van der Waals surface area (Å²) in [5, 5.41) is 10.9. The number of ketones is 1. The van der Waals surface area contributed by atoms with Crippen molar-refractivity contribution in [1.29, 1.82) is 0 Å². The fourth-order valence-electron chi connectivity index (χ4n) is 4.86. The molecule has 4 nitrogen and oxygen atoms in total. The first-order chi connectivity index (χ1) is 17.5. The Bertz CT molecular complexity index is 1340. The number of phenols is 1. The van der Waals surface area contributed by atoms with Gasteiger partial charge in [-0.3, -0.25) is 9.69 Å². The average Bonchev–Trinajstić information content (AvgIpc) is 3.28. The van der Waals surface area contributed by atoms with Crippen LogP contribution in [0.3, 0.4) is 0 Å². The van der Waals surface area contributed by atoms with Gasteiger partial charge in [-0.1, -0.05) is 44.5 Å². The molecule has 0 amide bonds. The van der Waals surface area contributed by atoms with Crippen LogP contribution in [0.25, 0.3) is 20.5 Å². The highest BCUT2D eigenvalue weighted by Gasteiger charge is 2.22. The molecule has 0 unspecified atom stereocenters. The fraction of sp³-hybridized carbons (Fsp3) is 0.323. The van der Waals surface area contributed by atoms with E-state index in [0.29, 0.717) is 23.7 Å². The minimum atomic E-state index is -0.0188. The molecule has 1 saturated heterocycles. The third-order valence-electron chi connectivity index (χ3n) is 6.98. The van der Waals surface area contributed by atoms with Gasteiger partial charge in [-0.15, -0.1) is 23.7 Å². The molecule has 4 aromatic rings. The lowest BCUT2D eigenvalue weighted by Gasteiger charge is -2.26. The highest BCUT2D eigenvalue weighted by molar-refractivity contribution is 7.22. The quantitative estimate of drug-likeness (QED) is 0.233. The Balaban J connectivity index is 0.00000320.